The quantitative estimate of drug-likeness (QED) is 0.527. The van der Waals surface area contributed by atoms with E-state index in [4.69, 9.17) is 10.5 Å². The number of hydrogen-bond donors (Lipinski definition) is 1. The van der Waals surface area contributed by atoms with Crippen molar-refractivity contribution in [1.29, 1.82) is 0 Å². The molecule has 0 aliphatic heterocycles. The number of fused-ring (bicyclic) bond motifs is 1. The first-order chi connectivity index (χ1) is 10.1. The van der Waals surface area contributed by atoms with Crippen molar-refractivity contribution >= 4 is 29.0 Å². The summed E-state index contributed by atoms with van der Waals surface area (Å²) < 4.78 is 5.61. The Balaban J connectivity index is 1.88. The Hall–Kier alpha value is -3.29. The lowest BCUT2D eigenvalue weighted by Gasteiger charge is -2.03. The predicted octanol–water partition coefficient (Wildman–Crippen LogP) is 1.23. The maximum absolute atomic E-state index is 12.0. The van der Waals surface area contributed by atoms with E-state index in [0.717, 1.165) is 4.68 Å². The van der Waals surface area contributed by atoms with E-state index in [9.17, 15) is 9.59 Å². The van der Waals surface area contributed by atoms with Crippen LogP contribution in [0.3, 0.4) is 0 Å². The third-order valence-corrected chi connectivity index (χ3v) is 2.69. The molecule has 0 aliphatic rings. The molecule has 3 rings (SSSR count). The average Bonchev–Trinajstić information content (AvgIpc) is 2.91. The van der Waals surface area contributed by atoms with Crippen molar-refractivity contribution in [2.75, 3.05) is 5.73 Å². The minimum atomic E-state index is -0.961. The van der Waals surface area contributed by atoms with Crippen molar-refractivity contribution in [3.63, 3.8) is 0 Å². The number of esters is 1. The molecule has 0 saturated carbocycles. The topological polar surface area (TPSA) is 113 Å². The van der Waals surface area contributed by atoms with E-state index in [1.807, 2.05) is 0 Å². The zero-order valence-corrected chi connectivity index (χ0v) is 10.6. The summed E-state index contributed by atoms with van der Waals surface area (Å²) in [5.74, 6) is -0.780. The van der Waals surface area contributed by atoms with Crippen LogP contribution in [0.1, 0.15) is 10.4 Å². The fourth-order valence-electron chi connectivity index (χ4n) is 1.72. The van der Waals surface area contributed by atoms with Crippen LogP contribution in [0.15, 0.2) is 42.7 Å². The SMILES string of the molecule is Nc1ncc2cnn(C(=O)OC(=O)c3ccccc3)c2n1. The molecule has 8 nitrogen and oxygen atoms in total. The maximum atomic E-state index is 12.0. The number of nitrogens with two attached hydrogens (primary N) is 1. The van der Waals surface area contributed by atoms with Crippen LogP contribution in [-0.2, 0) is 4.74 Å². The Morgan fingerprint density at radius 2 is 1.90 bits per heavy atom. The lowest BCUT2D eigenvalue weighted by molar-refractivity contribution is 0.0621. The van der Waals surface area contributed by atoms with E-state index in [0.29, 0.717) is 5.39 Å². The Kier molecular flexibility index (Phi) is 3.03. The molecular weight excluding hydrogens is 274 g/mol. The van der Waals surface area contributed by atoms with Gasteiger partial charge in [0.25, 0.3) is 0 Å². The molecule has 0 unspecified atom stereocenters. The molecule has 0 amide bonds. The van der Waals surface area contributed by atoms with Crippen LogP contribution in [-0.4, -0.2) is 31.8 Å². The monoisotopic (exact) mass is 283 g/mol. The lowest BCUT2D eigenvalue weighted by atomic mass is 10.2. The van der Waals surface area contributed by atoms with Gasteiger partial charge in [0.1, 0.15) is 0 Å². The first kappa shape index (κ1) is 12.7. The van der Waals surface area contributed by atoms with Gasteiger partial charge in [0, 0.05) is 6.20 Å². The Labute approximate surface area is 118 Å². The molecule has 0 spiro atoms. The van der Waals surface area contributed by atoms with Crippen LogP contribution in [0.2, 0.25) is 0 Å². The fourth-order valence-corrected chi connectivity index (χ4v) is 1.72. The van der Waals surface area contributed by atoms with Crippen LogP contribution < -0.4 is 5.73 Å². The number of hydrogen-bond acceptors (Lipinski definition) is 7. The van der Waals surface area contributed by atoms with Crippen LogP contribution in [0.5, 0.6) is 0 Å². The molecule has 2 heterocycles. The van der Waals surface area contributed by atoms with Gasteiger partial charge in [-0.3, -0.25) is 0 Å². The van der Waals surface area contributed by atoms with Crippen LogP contribution in [0.4, 0.5) is 10.7 Å². The van der Waals surface area contributed by atoms with Gasteiger partial charge in [0.15, 0.2) is 5.65 Å². The number of benzene rings is 1. The molecule has 2 aromatic heterocycles. The molecule has 0 atom stereocenters. The summed E-state index contributed by atoms with van der Waals surface area (Å²) in [6, 6.07) is 8.16. The molecule has 2 N–H and O–H groups in total. The van der Waals surface area contributed by atoms with Crippen LogP contribution in [0, 0.1) is 0 Å². The van der Waals surface area contributed by atoms with E-state index >= 15 is 0 Å². The van der Waals surface area contributed by atoms with Crippen LogP contribution >= 0.6 is 0 Å². The largest absolute Gasteiger partial charge is 0.444 e. The van der Waals surface area contributed by atoms with Gasteiger partial charge in [-0.05, 0) is 12.1 Å². The number of carbonyl (C=O) groups excluding carboxylic acids is 2. The van der Waals surface area contributed by atoms with Gasteiger partial charge >= 0.3 is 12.1 Å². The number of carbonyl (C=O) groups is 2. The van der Waals surface area contributed by atoms with Gasteiger partial charge in [-0.1, -0.05) is 18.2 Å². The zero-order chi connectivity index (χ0) is 14.8. The molecule has 3 aromatic rings. The second-order valence-corrected chi connectivity index (χ2v) is 4.08. The van der Waals surface area contributed by atoms with Gasteiger partial charge in [0.2, 0.25) is 5.95 Å². The summed E-state index contributed by atoms with van der Waals surface area (Å²) in [4.78, 5) is 31.5. The summed E-state index contributed by atoms with van der Waals surface area (Å²) in [5, 5.41) is 4.32. The van der Waals surface area contributed by atoms with E-state index in [2.05, 4.69) is 15.1 Å². The van der Waals surface area contributed by atoms with E-state index in [1.54, 1.807) is 18.2 Å². The highest BCUT2D eigenvalue weighted by molar-refractivity contribution is 5.98. The van der Waals surface area contributed by atoms with Gasteiger partial charge < -0.3 is 10.5 Å². The standard InChI is InChI=1S/C13H9N5O3/c14-12-15-6-9-7-16-18(10(9)17-12)13(20)21-11(19)8-4-2-1-3-5-8/h1-7H,(H2,14,15,17). The van der Waals surface area contributed by atoms with Crippen molar-refractivity contribution in [2.45, 2.75) is 0 Å². The van der Waals surface area contributed by atoms with Crippen molar-refractivity contribution in [3.05, 3.63) is 48.3 Å². The summed E-state index contributed by atoms with van der Waals surface area (Å²) in [5.41, 5.74) is 5.90. The van der Waals surface area contributed by atoms with Gasteiger partial charge in [-0.2, -0.15) is 10.1 Å². The smallest absolute Gasteiger partial charge is 0.371 e. The molecule has 104 valence electrons. The number of rotatable bonds is 1. The highest BCUT2D eigenvalue weighted by atomic mass is 16.6. The molecule has 0 fully saturated rings. The molecule has 8 heteroatoms. The number of aromatic nitrogens is 4. The molecule has 1 aromatic carbocycles. The molecule has 0 radical (unpaired) electrons. The van der Waals surface area contributed by atoms with Gasteiger partial charge in [0.05, 0.1) is 17.1 Å². The molecule has 0 saturated heterocycles. The second kappa shape index (κ2) is 5.00. The lowest BCUT2D eigenvalue weighted by Crippen LogP contribution is -2.20. The van der Waals surface area contributed by atoms with Gasteiger partial charge in [-0.15, -0.1) is 4.68 Å². The number of ether oxygens (including phenoxy) is 1. The molecule has 0 bridgehead atoms. The Morgan fingerprint density at radius 1 is 1.14 bits per heavy atom. The first-order valence-corrected chi connectivity index (χ1v) is 5.93. The summed E-state index contributed by atoms with van der Waals surface area (Å²) in [6.07, 6.45) is 1.84. The number of nitrogens with zero attached hydrogens (tertiary/aromatic N) is 4. The van der Waals surface area contributed by atoms with Crippen LogP contribution in [0.25, 0.3) is 11.0 Å². The molecular formula is C13H9N5O3. The number of nitrogen functional groups attached to an aromatic ring is 1. The normalized spacial score (nSPS) is 10.5. The minimum Gasteiger partial charge on any atom is -0.371 e. The van der Waals surface area contributed by atoms with Crippen molar-refractivity contribution in [2.24, 2.45) is 0 Å². The summed E-state index contributed by atoms with van der Waals surface area (Å²) in [7, 11) is 0. The Morgan fingerprint density at radius 3 is 2.67 bits per heavy atom. The summed E-state index contributed by atoms with van der Waals surface area (Å²) in [6.45, 7) is 0. The third-order valence-electron chi connectivity index (χ3n) is 2.69. The number of anilines is 1. The molecule has 0 aliphatic carbocycles. The van der Waals surface area contributed by atoms with E-state index in [1.165, 1.54) is 24.5 Å². The van der Waals surface area contributed by atoms with Crippen molar-refractivity contribution in [3.8, 4) is 0 Å². The minimum absolute atomic E-state index is 0.00793. The highest BCUT2D eigenvalue weighted by Crippen LogP contribution is 2.11. The zero-order valence-electron chi connectivity index (χ0n) is 10.6. The molecule has 21 heavy (non-hydrogen) atoms. The Bertz CT molecular complexity index is 828. The van der Waals surface area contributed by atoms with Crippen molar-refractivity contribution < 1.29 is 14.3 Å². The predicted molar refractivity (Wildman–Crippen MR) is 72.4 cm³/mol. The van der Waals surface area contributed by atoms with E-state index in [-0.39, 0.29) is 17.2 Å². The van der Waals surface area contributed by atoms with Crippen molar-refractivity contribution in [1.82, 2.24) is 19.7 Å². The second-order valence-electron chi connectivity index (χ2n) is 4.08. The maximum Gasteiger partial charge on any atom is 0.444 e. The highest BCUT2D eigenvalue weighted by Gasteiger charge is 2.18. The third kappa shape index (κ3) is 2.41. The fraction of sp³-hybridized carbons (Fsp3) is 0. The van der Waals surface area contributed by atoms with E-state index < -0.39 is 12.1 Å². The summed E-state index contributed by atoms with van der Waals surface area (Å²) >= 11 is 0. The average molecular weight is 283 g/mol. The van der Waals surface area contributed by atoms with Gasteiger partial charge in [-0.25, -0.2) is 14.6 Å². The first-order valence-electron chi connectivity index (χ1n) is 5.93.